The van der Waals surface area contributed by atoms with Gasteiger partial charge in [-0.25, -0.2) is 0 Å². The normalized spacial score (nSPS) is 15.7. The maximum atomic E-state index is 13.1. The Morgan fingerprint density at radius 2 is 1.60 bits per heavy atom. The third-order valence-corrected chi connectivity index (χ3v) is 6.73. The second-order valence-electron chi connectivity index (χ2n) is 9.46. The van der Waals surface area contributed by atoms with Crippen molar-refractivity contribution >= 4 is 17.6 Å². The molecule has 2 aromatic carbocycles. The van der Waals surface area contributed by atoms with Crippen molar-refractivity contribution < 1.29 is 9.59 Å². The van der Waals surface area contributed by atoms with Crippen LogP contribution in [-0.2, 0) is 16.1 Å². The van der Waals surface area contributed by atoms with E-state index >= 15 is 0 Å². The highest BCUT2D eigenvalue weighted by atomic mass is 16.2. The van der Waals surface area contributed by atoms with Gasteiger partial charge in [0, 0.05) is 44.2 Å². The van der Waals surface area contributed by atoms with Gasteiger partial charge in [0.1, 0.15) is 6.54 Å². The molecule has 2 fully saturated rings. The van der Waals surface area contributed by atoms with E-state index in [1.165, 1.54) is 5.56 Å². The van der Waals surface area contributed by atoms with Crippen molar-refractivity contribution in [1.82, 2.24) is 20.0 Å². The molecule has 7 heteroatoms. The maximum absolute atomic E-state index is 13.1. The number of rotatable bonds is 7. The second-order valence-corrected chi connectivity index (χ2v) is 9.46. The van der Waals surface area contributed by atoms with Gasteiger partial charge in [0.05, 0.1) is 5.69 Å². The first-order valence-electron chi connectivity index (χ1n) is 12.3. The van der Waals surface area contributed by atoms with Gasteiger partial charge in [-0.15, -0.1) is 10.2 Å². The van der Waals surface area contributed by atoms with Crippen LogP contribution in [0.1, 0.15) is 24.0 Å². The summed E-state index contributed by atoms with van der Waals surface area (Å²) in [5, 5.41) is 8.85. The van der Waals surface area contributed by atoms with Crippen LogP contribution in [0.5, 0.6) is 0 Å². The van der Waals surface area contributed by atoms with Gasteiger partial charge in [-0.3, -0.25) is 9.59 Å². The Morgan fingerprint density at radius 3 is 2.23 bits per heavy atom. The van der Waals surface area contributed by atoms with E-state index in [-0.39, 0.29) is 24.3 Å². The molecule has 0 unspecified atom stereocenters. The van der Waals surface area contributed by atoms with E-state index in [1.54, 1.807) is 4.90 Å². The number of nitrogens with zero attached hydrogens (tertiary/aromatic N) is 5. The predicted molar refractivity (Wildman–Crippen MR) is 136 cm³/mol. The Bertz CT molecular complexity index is 1150. The molecule has 0 N–H and O–H groups in total. The van der Waals surface area contributed by atoms with Crippen molar-refractivity contribution in [3.8, 4) is 11.3 Å². The summed E-state index contributed by atoms with van der Waals surface area (Å²) in [6, 6.07) is 22.1. The van der Waals surface area contributed by atoms with Crippen molar-refractivity contribution in [3.63, 3.8) is 0 Å². The zero-order chi connectivity index (χ0) is 24.2. The van der Waals surface area contributed by atoms with Crippen molar-refractivity contribution in [2.24, 2.45) is 5.92 Å². The fourth-order valence-electron chi connectivity index (χ4n) is 4.42. The van der Waals surface area contributed by atoms with Gasteiger partial charge in [0.15, 0.2) is 5.82 Å². The van der Waals surface area contributed by atoms with Gasteiger partial charge >= 0.3 is 0 Å². The smallest absolute Gasteiger partial charge is 0.242 e. The molecular formula is C28H31N5O2. The highest BCUT2D eigenvalue weighted by Crippen LogP contribution is 2.31. The van der Waals surface area contributed by atoms with Crippen LogP contribution in [0.3, 0.4) is 0 Å². The lowest BCUT2D eigenvalue weighted by Gasteiger charge is -2.36. The van der Waals surface area contributed by atoms with E-state index in [4.69, 9.17) is 0 Å². The third kappa shape index (κ3) is 5.67. The van der Waals surface area contributed by atoms with Crippen molar-refractivity contribution in [2.45, 2.75) is 26.3 Å². The molecular weight excluding hydrogens is 438 g/mol. The van der Waals surface area contributed by atoms with Crippen LogP contribution in [0.2, 0.25) is 0 Å². The van der Waals surface area contributed by atoms with E-state index in [0.29, 0.717) is 32.7 Å². The number of aromatic nitrogens is 2. The fourth-order valence-corrected chi connectivity index (χ4v) is 4.42. The molecule has 0 bridgehead atoms. The molecule has 0 spiro atoms. The van der Waals surface area contributed by atoms with E-state index in [9.17, 15) is 9.59 Å². The summed E-state index contributed by atoms with van der Waals surface area (Å²) < 4.78 is 0. The standard InChI is InChI=1S/C28H31N5O2/c1-21-7-9-23(10-8-21)25-13-14-26(30-29-25)31-15-17-32(18-16-31)27(34)20-33(28(35)24-11-12-24)19-22-5-3-2-4-6-22/h2-10,13-14,24H,11-12,15-20H2,1H3. The lowest BCUT2D eigenvalue weighted by molar-refractivity contribution is -0.142. The van der Waals surface area contributed by atoms with E-state index in [0.717, 1.165) is 35.5 Å². The van der Waals surface area contributed by atoms with Crippen molar-refractivity contribution in [3.05, 3.63) is 77.9 Å². The Hall–Kier alpha value is -3.74. The molecule has 180 valence electrons. The highest BCUT2D eigenvalue weighted by molar-refractivity contribution is 5.87. The first-order chi connectivity index (χ1) is 17.1. The molecule has 2 amide bonds. The molecule has 7 nitrogen and oxygen atoms in total. The summed E-state index contributed by atoms with van der Waals surface area (Å²) in [7, 11) is 0. The van der Waals surface area contributed by atoms with Gasteiger partial charge in [0.25, 0.3) is 0 Å². The number of aryl methyl sites for hydroxylation is 1. The van der Waals surface area contributed by atoms with E-state index in [2.05, 4.69) is 46.3 Å². The van der Waals surface area contributed by atoms with Crippen LogP contribution in [-0.4, -0.2) is 64.5 Å². The summed E-state index contributed by atoms with van der Waals surface area (Å²) in [4.78, 5) is 31.7. The maximum Gasteiger partial charge on any atom is 0.242 e. The SMILES string of the molecule is Cc1ccc(-c2ccc(N3CCN(C(=O)CN(Cc4ccccc4)C(=O)C4CC4)CC3)nn2)cc1. The molecule has 3 aromatic rings. The number of piperazine rings is 1. The molecule has 1 saturated carbocycles. The van der Waals surface area contributed by atoms with Crippen LogP contribution in [0.4, 0.5) is 5.82 Å². The van der Waals surface area contributed by atoms with Crippen LogP contribution >= 0.6 is 0 Å². The minimum Gasteiger partial charge on any atom is -0.352 e. The molecule has 0 radical (unpaired) electrons. The predicted octanol–water partition coefficient (Wildman–Crippen LogP) is 3.54. The summed E-state index contributed by atoms with van der Waals surface area (Å²) >= 11 is 0. The second kappa shape index (κ2) is 10.3. The molecule has 2 aliphatic rings. The lowest BCUT2D eigenvalue weighted by Crippen LogP contribution is -2.52. The number of hydrogen-bond donors (Lipinski definition) is 0. The molecule has 1 aliphatic heterocycles. The first kappa shape index (κ1) is 23.0. The Morgan fingerprint density at radius 1 is 0.886 bits per heavy atom. The molecule has 35 heavy (non-hydrogen) atoms. The molecule has 0 atom stereocenters. The Kier molecular flexibility index (Phi) is 6.75. The monoisotopic (exact) mass is 469 g/mol. The molecule has 2 heterocycles. The molecule has 1 saturated heterocycles. The van der Waals surface area contributed by atoms with Crippen molar-refractivity contribution in [2.75, 3.05) is 37.6 Å². The lowest BCUT2D eigenvalue weighted by atomic mass is 10.1. The number of carbonyl (C=O) groups excluding carboxylic acids is 2. The van der Waals surface area contributed by atoms with Crippen LogP contribution in [0.15, 0.2) is 66.7 Å². The zero-order valence-corrected chi connectivity index (χ0v) is 20.1. The topological polar surface area (TPSA) is 69.6 Å². The Labute approximate surface area is 206 Å². The van der Waals surface area contributed by atoms with Crippen molar-refractivity contribution in [1.29, 1.82) is 0 Å². The first-order valence-corrected chi connectivity index (χ1v) is 12.3. The summed E-state index contributed by atoms with van der Waals surface area (Å²) in [6.07, 6.45) is 1.86. The fraction of sp³-hybridized carbons (Fsp3) is 0.357. The zero-order valence-electron chi connectivity index (χ0n) is 20.1. The Balaban J connectivity index is 1.17. The largest absolute Gasteiger partial charge is 0.352 e. The average Bonchev–Trinajstić information content (AvgIpc) is 3.75. The molecule has 1 aliphatic carbocycles. The number of carbonyl (C=O) groups is 2. The summed E-state index contributed by atoms with van der Waals surface area (Å²) in [6.45, 7) is 5.28. The van der Waals surface area contributed by atoms with Gasteiger partial charge in [-0.2, -0.15) is 0 Å². The third-order valence-electron chi connectivity index (χ3n) is 6.73. The van der Waals surface area contributed by atoms with Gasteiger partial charge in [-0.1, -0.05) is 60.2 Å². The molecule has 1 aromatic heterocycles. The van der Waals surface area contributed by atoms with Crippen LogP contribution < -0.4 is 4.90 Å². The number of hydrogen-bond acceptors (Lipinski definition) is 5. The van der Waals surface area contributed by atoms with Crippen LogP contribution in [0, 0.1) is 12.8 Å². The van der Waals surface area contributed by atoms with Gasteiger partial charge < -0.3 is 14.7 Å². The van der Waals surface area contributed by atoms with Crippen LogP contribution in [0.25, 0.3) is 11.3 Å². The quantitative estimate of drug-likeness (QED) is 0.529. The molecule has 5 rings (SSSR count). The number of amides is 2. The summed E-state index contributed by atoms with van der Waals surface area (Å²) in [5.74, 6) is 1.02. The van der Waals surface area contributed by atoms with E-state index < -0.39 is 0 Å². The van der Waals surface area contributed by atoms with E-state index in [1.807, 2.05) is 47.4 Å². The number of benzene rings is 2. The average molecular weight is 470 g/mol. The summed E-state index contributed by atoms with van der Waals surface area (Å²) in [5.41, 5.74) is 4.16. The minimum absolute atomic E-state index is 0.00962. The minimum atomic E-state index is 0.00962. The van der Waals surface area contributed by atoms with Gasteiger partial charge in [0.2, 0.25) is 11.8 Å². The highest BCUT2D eigenvalue weighted by Gasteiger charge is 2.35. The van der Waals surface area contributed by atoms with Gasteiger partial charge in [-0.05, 0) is 37.5 Å². The number of anilines is 1.